The molecule has 102 valence electrons. The van der Waals surface area contributed by atoms with Gasteiger partial charge in [-0.25, -0.2) is 4.39 Å². The van der Waals surface area contributed by atoms with Crippen LogP contribution in [0.1, 0.15) is 23.7 Å². The Hall–Kier alpha value is -2.24. The number of benzene rings is 1. The van der Waals surface area contributed by atoms with Crippen LogP contribution >= 0.6 is 0 Å². The number of methoxy groups -OCH3 is 1. The van der Waals surface area contributed by atoms with Gasteiger partial charge in [-0.2, -0.15) is 0 Å². The Morgan fingerprint density at radius 3 is 2.58 bits per heavy atom. The molecular weight excluding hydrogens is 253 g/mol. The van der Waals surface area contributed by atoms with Gasteiger partial charge >= 0.3 is 5.97 Å². The first kappa shape index (κ1) is 14.8. The van der Waals surface area contributed by atoms with Crippen LogP contribution in [0.5, 0.6) is 0 Å². The maximum Gasteiger partial charge on any atom is 0.308 e. The number of hydrogen-bond donors (Lipinski definition) is 1. The molecule has 0 aromatic heterocycles. The molecule has 0 saturated carbocycles. The molecule has 0 heterocycles. The van der Waals surface area contributed by atoms with Crippen molar-refractivity contribution in [1.29, 1.82) is 0 Å². The summed E-state index contributed by atoms with van der Waals surface area (Å²) in [4.78, 5) is 34.2. The highest BCUT2D eigenvalue weighted by Gasteiger charge is 2.21. The summed E-state index contributed by atoms with van der Waals surface area (Å²) in [5.41, 5.74) is 0.0797. The average Bonchev–Trinajstić information content (AvgIpc) is 2.37. The third-order valence-corrected chi connectivity index (χ3v) is 2.48. The Bertz CT molecular complexity index is 501. The Labute approximate surface area is 109 Å². The zero-order chi connectivity index (χ0) is 14.4. The molecule has 19 heavy (non-hydrogen) atoms. The molecule has 1 aromatic carbocycles. The van der Waals surface area contributed by atoms with Crippen molar-refractivity contribution in [3.8, 4) is 0 Å². The summed E-state index contributed by atoms with van der Waals surface area (Å²) in [6.45, 7) is 1.25. The first-order valence-electron chi connectivity index (χ1n) is 5.57. The van der Waals surface area contributed by atoms with Crippen LogP contribution in [0.2, 0.25) is 0 Å². The van der Waals surface area contributed by atoms with Gasteiger partial charge in [0.2, 0.25) is 0 Å². The maximum absolute atomic E-state index is 13.0. The number of amides is 1. The zero-order valence-electron chi connectivity index (χ0n) is 10.6. The molecule has 1 aromatic rings. The highest BCUT2D eigenvalue weighted by atomic mass is 19.1. The number of halogens is 1. The first-order chi connectivity index (χ1) is 8.93. The molecule has 0 spiro atoms. The van der Waals surface area contributed by atoms with Gasteiger partial charge in [-0.15, -0.1) is 0 Å². The minimum Gasteiger partial charge on any atom is -0.469 e. The number of carbonyl (C=O) groups excluding carboxylic acids is 3. The highest BCUT2D eigenvalue weighted by Crippen LogP contribution is 2.05. The van der Waals surface area contributed by atoms with Crippen LogP contribution in [0, 0.1) is 5.82 Å². The van der Waals surface area contributed by atoms with Gasteiger partial charge < -0.3 is 10.1 Å². The molecule has 1 N–H and O–H groups in total. The van der Waals surface area contributed by atoms with Crippen LogP contribution in [0.3, 0.4) is 0 Å². The van der Waals surface area contributed by atoms with Crippen molar-refractivity contribution in [2.75, 3.05) is 7.11 Å². The summed E-state index contributed by atoms with van der Waals surface area (Å²) in [6, 6.07) is 4.06. The topological polar surface area (TPSA) is 72.5 Å². The van der Waals surface area contributed by atoms with Gasteiger partial charge in [-0.1, -0.05) is 6.07 Å². The smallest absolute Gasteiger partial charge is 0.308 e. The van der Waals surface area contributed by atoms with Gasteiger partial charge in [-0.3, -0.25) is 14.4 Å². The minimum atomic E-state index is -0.983. The van der Waals surface area contributed by atoms with E-state index in [-0.39, 0.29) is 17.8 Å². The van der Waals surface area contributed by atoms with Gasteiger partial charge in [0, 0.05) is 5.56 Å². The van der Waals surface area contributed by atoms with E-state index in [2.05, 4.69) is 10.1 Å². The lowest BCUT2D eigenvalue weighted by molar-refractivity contribution is -0.142. The third-order valence-electron chi connectivity index (χ3n) is 2.48. The van der Waals surface area contributed by atoms with Crippen molar-refractivity contribution in [3.63, 3.8) is 0 Å². The summed E-state index contributed by atoms with van der Waals surface area (Å²) in [5, 5.41) is 2.37. The molecule has 0 aliphatic carbocycles. The number of esters is 1. The SMILES string of the molecule is COC(=O)CC(NC(=O)c1cccc(F)c1)C(C)=O. The molecule has 6 heteroatoms. The fourth-order valence-corrected chi connectivity index (χ4v) is 1.42. The minimum absolute atomic E-state index is 0.0797. The number of ketones is 1. The molecule has 1 rings (SSSR count). The van der Waals surface area contributed by atoms with Crippen LogP contribution in [-0.4, -0.2) is 30.8 Å². The second-order valence-electron chi connectivity index (χ2n) is 3.93. The van der Waals surface area contributed by atoms with E-state index in [0.717, 1.165) is 6.07 Å². The number of ether oxygens (including phenoxy) is 1. The number of rotatable bonds is 5. The van der Waals surface area contributed by atoms with E-state index in [4.69, 9.17) is 0 Å². The molecule has 1 atom stereocenters. The second-order valence-corrected chi connectivity index (χ2v) is 3.93. The zero-order valence-corrected chi connectivity index (χ0v) is 10.6. The van der Waals surface area contributed by atoms with E-state index < -0.39 is 23.7 Å². The first-order valence-corrected chi connectivity index (χ1v) is 5.57. The van der Waals surface area contributed by atoms with Crippen molar-refractivity contribution in [3.05, 3.63) is 35.6 Å². The molecular formula is C13H14FNO4. The van der Waals surface area contributed by atoms with Crippen LogP contribution in [0.25, 0.3) is 0 Å². The van der Waals surface area contributed by atoms with E-state index in [9.17, 15) is 18.8 Å². The Balaban J connectivity index is 2.77. The largest absolute Gasteiger partial charge is 0.469 e. The van der Waals surface area contributed by atoms with Gasteiger partial charge in [0.05, 0.1) is 19.6 Å². The normalized spacial score (nSPS) is 11.5. The van der Waals surface area contributed by atoms with E-state index in [1.165, 1.54) is 32.2 Å². The Morgan fingerprint density at radius 1 is 1.37 bits per heavy atom. The van der Waals surface area contributed by atoms with E-state index in [0.29, 0.717) is 0 Å². The Kier molecular flexibility index (Phi) is 5.17. The van der Waals surface area contributed by atoms with Crippen LogP contribution in [0.4, 0.5) is 4.39 Å². The Morgan fingerprint density at radius 2 is 2.05 bits per heavy atom. The number of nitrogens with one attached hydrogen (secondary N) is 1. The molecule has 0 saturated heterocycles. The predicted molar refractivity (Wildman–Crippen MR) is 65.0 cm³/mol. The van der Waals surface area contributed by atoms with Gasteiger partial charge in [0.15, 0.2) is 5.78 Å². The van der Waals surface area contributed by atoms with Crippen molar-refractivity contribution in [2.45, 2.75) is 19.4 Å². The number of hydrogen-bond acceptors (Lipinski definition) is 4. The van der Waals surface area contributed by atoms with Crippen molar-refractivity contribution in [1.82, 2.24) is 5.32 Å². The van der Waals surface area contributed by atoms with Gasteiger partial charge in [-0.05, 0) is 25.1 Å². The van der Waals surface area contributed by atoms with Crippen LogP contribution in [0.15, 0.2) is 24.3 Å². The van der Waals surface area contributed by atoms with Crippen molar-refractivity contribution in [2.24, 2.45) is 0 Å². The fourth-order valence-electron chi connectivity index (χ4n) is 1.42. The monoisotopic (exact) mass is 267 g/mol. The molecule has 5 nitrogen and oxygen atoms in total. The van der Waals surface area contributed by atoms with Gasteiger partial charge in [0.1, 0.15) is 5.82 Å². The summed E-state index contributed by atoms with van der Waals surface area (Å²) in [5.74, 6) is -2.17. The molecule has 0 aliphatic rings. The highest BCUT2D eigenvalue weighted by molar-refractivity contribution is 5.98. The van der Waals surface area contributed by atoms with E-state index >= 15 is 0 Å². The van der Waals surface area contributed by atoms with Gasteiger partial charge in [0.25, 0.3) is 5.91 Å². The second kappa shape index (κ2) is 6.63. The summed E-state index contributed by atoms with van der Waals surface area (Å²) in [6.07, 6.45) is -0.257. The lowest BCUT2D eigenvalue weighted by Gasteiger charge is -2.14. The molecule has 0 radical (unpaired) electrons. The van der Waals surface area contributed by atoms with Crippen molar-refractivity contribution >= 4 is 17.7 Å². The molecule has 0 fully saturated rings. The predicted octanol–water partition coefficient (Wildman–Crippen LogP) is 1.08. The standard InChI is InChI=1S/C13H14FNO4/c1-8(16)11(7-12(17)19-2)15-13(18)9-4-3-5-10(14)6-9/h3-6,11H,7H2,1-2H3,(H,15,18). The molecule has 1 amide bonds. The van der Waals surface area contributed by atoms with Crippen LogP contribution in [-0.2, 0) is 14.3 Å². The molecule has 0 aliphatic heterocycles. The average molecular weight is 267 g/mol. The summed E-state index contributed by atoms with van der Waals surface area (Å²) >= 11 is 0. The maximum atomic E-state index is 13.0. The lowest BCUT2D eigenvalue weighted by atomic mass is 10.1. The summed E-state index contributed by atoms with van der Waals surface area (Å²) < 4.78 is 17.4. The van der Waals surface area contributed by atoms with Crippen LogP contribution < -0.4 is 5.32 Å². The lowest BCUT2D eigenvalue weighted by Crippen LogP contribution is -2.41. The van der Waals surface area contributed by atoms with Crippen molar-refractivity contribution < 1.29 is 23.5 Å². The molecule has 1 unspecified atom stereocenters. The van der Waals surface area contributed by atoms with E-state index in [1.807, 2.05) is 0 Å². The number of Topliss-reactive ketones (excluding diaryl/α,β-unsaturated/α-hetero) is 1. The quantitative estimate of drug-likeness (QED) is 0.810. The number of carbonyl (C=O) groups is 3. The third kappa shape index (κ3) is 4.50. The molecule has 0 bridgehead atoms. The summed E-state index contributed by atoms with van der Waals surface area (Å²) in [7, 11) is 1.19. The fraction of sp³-hybridized carbons (Fsp3) is 0.308. The van der Waals surface area contributed by atoms with E-state index in [1.54, 1.807) is 0 Å².